The van der Waals surface area contributed by atoms with Crippen LogP contribution in [0.15, 0.2) is 18.5 Å². The maximum atomic E-state index is 5.55. The van der Waals surface area contributed by atoms with Crippen molar-refractivity contribution < 1.29 is 0 Å². The van der Waals surface area contributed by atoms with Crippen LogP contribution in [0.4, 0.5) is 5.82 Å². The van der Waals surface area contributed by atoms with E-state index in [1.807, 2.05) is 13.1 Å². The van der Waals surface area contributed by atoms with Gasteiger partial charge in [0.15, 0.2) is 0 Å². The van der Waals surface area contributed by atoms with Gasteiger partial charge in [0.1, 0.15) is 11.6 Å². The van der Waals surface area contributed by atoms with Gasteiger partial charge in [0.05, 0.1) is 5.01 Å². The van der Waals surface area contributed by atoms with Crippen LogP contribution in [-0.4, -0.2) is 15.0 Å². The van der Waals surface area contributed by atoms with Crippen molar-refractivity contribution in [2.24, 2.45) is 0 Å². The van der Waals surface area contributed by atoms with E-state index in [0.29, 0.717) is 12.2 Å². The number of hydrogen-bond donors (Lipinski definition) is 1. The second-order valence-electron chi connectivity index (χ2n) is 2.92. The lowest BCUT2D eigenvalue weighted by Gasteiger charge is -1.96. The zero-order chi connectivity index (χ0) is 9.97. The Balaban J connectivity index is 2.18. The minimum absolute atomic E-state index is 0.510. The molecule has 0 aliphatic heterocycles. The maximum Gasteiger partial charge on any atom is 0.135 e. The van der Waals surface area contributed by atoms with Crippen LogP contribution in [0.1, 0.15) is 15.7 Å². The Morgan fingerprint density at radius 3 is 2.93 bits per heavy atom. The standard InChI is InChI=1S/C9H10N4S/c1-6-12-5-7(14-6)4-9-11-3-2-8(10)13-9/h2-3,5H,4H2,1H3,(H2,10,11,13). The minimum Gasteiger partial charge on any atom is -0.384 e. The van der Waals surface area contributed by atoms with E-state index >= 15 is 0 Å². The van der Waals surface area contributed by atoms with Crippen LogP contribution in [0.3, 0.4) is 0 Å². The highest BCUT2D eigenvalue weighted by atomic mass is 32.1. The topological polar surface area (TPSA) is 64.7 Å². The normalized spacial score (nSPS) is 10.4. The number of thiazole rings is 1. The van der Waals surface area contributed by atoms with Crippen molar-refractivity contribution in [1.29, 1.82) is 0 Å². The second-order valence-corrected chi connectivity index (χ2v) is 4.24. The molecule has 0 saturated heterocycles. The predicted octanol–water partition coefficient (Wildman–Crippen LogP) is 1.41. The molecular weight excluding hydrogens is 196 g/mol. The highest BCUT2D eigenvalue weighted by Gasteiger charge is 2.02. The first-order valence-corrected chi connectivity index (χ1v) is 5.04. The summed E-state index contributed by atoms with van der Waals surface area (Å²) in [6, 6.07) is 1.68. The number of nitrogen functional groups attached to an aromatic ring is 1. The van der Waals surface area contributed by atoms with Gasteiger partial charge in [0.25, 0.3) is 0 Å². The maximum absolute atomic E-state index is 5.55. The van der Waals surface area contributed by atoms with Gasteiger partial charge in [0.2, 0.25) is 0 Å². The Bertz CT molecular complexity index is 438. The molecular formula is C9H10N4S. The van der Waals surface area contributed by atoms with Gasteiger partial charge in [0, 0.05) is 23.7 Å². The van der Waals surface area contributed by atoms with Gasteiger partial charge in [-0.2, -0.15) is 0 Å². The molecule has 0 aliphatic rings. The van der Waals surface area contributed by atoms with Crippen LogP contribution in [0.2, 0.25) is 0 Å². The van der Waals surface area contributed by atoms with E-state index in [9.17, 15) is 0 Å². The van der Waals surface area contributed by atoms with Crippen molar-refractivity contribution in [2.45, 2.75) is 13.3 Å². The van der Waals surface area contributed by atoms with Crippen molar-refractivity contribution >= 4 is 17.2 Å². The molecule has 2 heterocycles. The largest absolute Gasteiger partial charge is 0.384 e. The van der Waals surface area contributed by atoms with Crippen LogP contribution in [0.25, 0.3) is 0 Å². The van der Waals surface area contributed by atoms with Crippen molar-refractivity contribution in [3.8, 4) is 0 Å². The zero-order valence-corrected chi connectivity index (χ0v) is 8.58. The number of hydrogen-bond acceptors (Lipinski definition) is 5. The molecule has 4 nitrogen and oxygen atoms in total. The first kappa shape index (κ1) is 9.08. The molecule has 0 unspecified atom stereocenters. The first-order chi connectivity index (χ1) is 6.74. The van der Waals surface area contributed by atoms with Crippen LogP contribution in [0.5, 0.6) is 0 Å². The van der Waals surface area contributed by atoms with Gasteiger partial charge in [-0.05, 0) is 13.0 Å². The molecule has 0 radical (unpaired) electrons. The number of anilines is 1. The fraction of sp³-hybridized carbons (Fsp3) is 0.222. The third kappa shape index (κ3) is 2.05. The first-order valence-electron chi connectivity index (χ1n) is 4.23. The Kier molecular flexibility index (Phi) is 2.41. The van der Waals surface area contributed by atoms with E-state index in [2.05, 4.69) is 15.0 Å². The number of rotatable bonds is 2. The van der Waals surface area contributed by atoms with Gasteiger partial charge >= 0.3 is 0 Å². The molecule has 0 bridgehead atoms. The van der Waals surface area contributed by atoms with E-state index in [1.165, 1.54) is 0 Å². The lowest BCUT2D eigenvalue weighted by molar-refractivity contribution is 0.984. The fourth-order valence-corrected chi connectivity index (χ4v) is 1.93. The Labute approximate surface area is 85.9 Å². The molecule has 72 valence electrons. The highest BCUT2D eigenvalue weighted by molar-refractivity contribution is 7.11. The molecule has 14 heavy (non-hydrogen) atoms. The van der Waals surface area contributed by atoms with E-state index in [4.69, 9.17) is 5.73 Å². The van der Waals surface area contributed by atoms with E-state index < -0.39 is 0 Å². The minimum atomic E-state index is 0.510. The van der Waals surface area contributed by atoms with Crippen LogP contribution >= 0.6 is 11.3 Å². The Hall–Kier alpha value is -1.49. The third-order valence-corrected chi connectivity index (χ3v) is 2.64. The summed E-state index contributed by atoms with van der Waals surface area (Å²) < 4.78 is 0. The van der Waals surface area contributed by atoms with Crippen LogP contribution in [-0.2, 0) is 6.42 Å². The summed E-state index contributed by atoms with van der Waals surface area (Å²) in [6.07, 6.45) is 4.23. The molecule has 0 spiro atoms. The molecule has 0 saturated carbocycles. The van der Waals surface area contributed by atoms with Gasteiger partial charge in [-0.15, -0.1) is 11.3 Å². The number of aromatic nitrogens is 3. The van der Waals surface area contributed by atoms with Crippen LogP contribution < -0.4 is 5.73 Å². The molecule has 0 fully saturated rings. The van der Waals surface area contributed by atoms with Crippen LogP contribution in [0, 0.1) is 6.92 Å². The van der Waals surface area contributed by atoms with Crippen molar-refractivity contribution in [1.82, 2.24) is 15.0 Å². The SMILES string of the molecule is Cc1ncc(Cc2nccc(N)n2)s1. The van der Waals surface area contributed by atoms with Gasteiger partial charge in [-0.25, -0.2) is 15.0 Å². The van der Waals surface area contributed by atoms with E-state index in [0.717, 1.165) is 15.7 Å². The van der Waals surface area contributed by atoms with Gasteiger partial charge in [-0.1, -0.05) is 0 Å². The molecule has 2 N–H and O–H groups in total. The quantitative estimate of drug-likeness (QED) is 0.807. The lowest BCUT2D eigenvalue weighted by Crippen LogP contribution is -1.98. The molecule has 2 aromatic rings. The molecule has 0 atom stereocenters. The third-order valence-electron chi connectivity index (χ3n) is 1.73. The van der Waals surface area contributed by atoms with E-state index in [1.54, 1.807) is 23.6 Å². The van der Waals surface area contributed by atoms with Crippen molar-refractivity contribution in [3.63, 3.8) is 0 Å². The molecule has 5 heteroatoms. The summed E-state index contributed by atoms with van der Waals surface area (Å²) in [6.45, 7) is 1.98. The zero-order valence-electron chi connectivity index (χ0n) is 7.77. The number of nitrogens with zero attached hydrogens (tertiary/aromatic N) is 3. The van der Waals surface area contributed by atoms with Crippen molar-refractivity contribution in [3.05, 3.63) is 34.2 Å². The average Bonchev–Trinajstić information content (AvgIpc) is 2.51. The smallest absolute Gasteiger partial charge is 0.135 e. The number of aryl methyl sites for hydroxylation is 1. The summed E-state index contributed by atoms with van der Waals surface area (Å²) in [7, 11) is 0. The summed E-state index contributed by atoms with van der Waals surface area (Å²) >= 11 is 1.66. The fourth-order valence-electron chi connectivity index (χ4n) is 1.14. The van der Waals surface area contributed by atoms with Gasteiger partial charge in [-0.3, -0.25) is 0 Å². The lowest BCUT2D eigenvalue weighted by atomic mass is 10.3. The van der Waals surface area contributed by atoms with E-state index in [-0.39, 0.29) is 0 Å². The summed E-state index contributed by atoms with van der Waals surface area (Å²) in [5.41, 5.74) is 5.55. The monoisotopic (exact) mass is 206 g/mol. The number of nitrogens with two attached hydrogens (primary N) is 1. The summed E-state index contributed by atoms with van der Waals surface area (Å²) in [5.74, 6) is 1.25. The Morgan fingerprint density at radius 1 is 1.43 bits per heavy atom. The molecule has 2 rings (SSSR count). The van der Waals surface area contributed by atoms with Gasteiger partial charge < -0.3 is 5.73 Å². The molecule has 0 aromatic carbocycles. The molecule has 0 amide bonds. The highest BCUT2D eigenvalue weighted by Crippen LogP contribution is 2.14. The molecule has 0 aliphatic carbocycles. The summed E-state index contributed by atoms with van der Waals surface area (Å²) in [4.78, 5) is 13.6. The predicted molar refractivity (Wildman–Crippen MR) is 56.1 cm³/mol. The second kappa shape index (κ2) is 3.71. The van der Waals surface area contributed by atoms with Crippen molar-refractivity contribution in [2.75, 3.05) is 5.73 Å². The summed E-state index contributed by atoms with van der Waals surface area (Å²) in [5, 5.41) is 1.06. The Morgan fingerprint density at radius 2 is 2.29 bits per heavy atom. The molecule has 2 aromatic heterocycles. The average molecular weight is 206 g/mol.